The highest BCUT2D eigenvalue weighted by Gasteiger charge is 2.32. The van der Waals surface area contributed by atoms with Gasteiger partial charge in [0.05, 0.1) is 11.3 Å². The first-order chi connectivity index (χ1) is 17.7. The third kappa shape index (κ3) is 6.88. The van der Waals surface area contributed by atoms with Gasteiger partial charge in [0.25, 0.3) is 5.91 Å². The van der Waals surface area contributed by atoms with Crippen LogP contribution in [0.4, 0.5) is 8.78 Å². The third-order valence-corrected chi connectivity index (χ3v) is 7.71. The van der Waals surface area contributed by atoms with Crippen molar-refractivity contribution in [2.24, 2.45) is 0 Å². The molecule has 1 saturated heterocycles. The number of benzene rings is 2. The number of thiophene rings is 1. The molecule has 1 aromatic heterocycles. The number of hydrogen-bond donors (Lipinski definition) is 2. The Bertz CT molecular complexity index is 1400. The lowest BCUT2D eigenvalue weighted by atomic mass is 10.1. The number of halogens is 2. The molecule has 0 aliphatic carbocycles. The summed E-state index contributed by atoms with van der Waals surface area (Å²) in [5.74, 6) is -3.29. The Morgan fingerprint density at radius 2 is 1.76 bits per heavy atom. The Hall–Kier alpha value is -3.41. The van der Waals surface area contributed by atoms with E-state index in [1.54, 1.807) is 41.8 Å². The molecule has 4 rings (SSSR count). The second-order valence-corrected chi connectivity index (χ2v) is 10.7. The second kappa shape index (κ2) is 11.8. The molecule has 1 fully saturated rings. The Morgan fingerprint density at radius 1 is 1.03 bits per heavy atom. The molecule has 0 spiro atoms. The summed E-state index contributed by atoms with van der Waals surface area (Å²) in [4.78, 5) is 38.5. The van der Waals surface area contributed by atoms with Crippen LogP contribution in [0.15, 0.2) is 58.8 Å². The van der Waals surface area contributed by atoms with Gasteiger partial charge in [0, 0.05) is 24.4 Å². The van der Waals surface area contributed by atoms with Crippen LogP contribution in [0.25, 0.3) is 17.2 Å². The fourth-order valence-corrected chi connectivity index (χ4v) is 5.75. The number of thiocarbonyl (C=S) groups is 1. The standard InChI is InChI=1S/C26H20F2N2O4S3/c27-20-6-5-17(11-21(20)28)18-10-19(36-14-18)12-22-25(34)30(26(35)37-22)8-7-23(31)29-13-16-3-1-15(2-4-16)9-24(32)33/h1-6,10-12,14H,7-9,13H2,(H,29,31)(H,32,33)/b22-12-. The predicted molar refractivity (Wildman–Crippen MR) is 144 cm³/mol. The van der Waals surface area contributed by atoms with Crippen LogP contribution in [0.5, 0.6) is 0 Å². The van der Waals surface area contributed by atoms with E-state index in [2.05, 4.69) is 5.32 Å². The minimum Gasteiger partial charge on any atom is -0.481 e. The zero-order valence-electron chi connectivity index (χ0n) is 19.2. The highest BCUT2D eigenvalue weighted by atomic mass is 32.2. The number of carbonyl (C=O) groups excluding carboxylic acids is 2. The van der Waals surface area contributed by atoms with E-state index in [9.17, 15) is 23.2 Å². The Kier molecular flexibility index (Phi) is 8.47. The maximum absolute atomic E-state index is 13.6. The normalized spacial score (nSPS) is 14.4. The number of thioether (sulfide) groups is 1. The monoisotopic (exact) mass is 558 g/mol. The van der Waals surface area contributed by atoms with Gasteiger partial charge in [-0.1, -0.05) is 54.3 Å². The van der Waals surface area contributed by atoms with Gasteiger partial charge in [0.1, 0.15) is 4.32 Å². The van der Waals surface area contributed by atoms with Crippen molar-refractivity contribution >= 4 is 63.5 Å². The molecule has 2 amide bonds. The number of rotatable bonds is 9. The molecule has 0 saturated carbocycles. The van der Waals surface area contributed by atoms with Crippen LogP contribution in [-0.2, 0) is 27.3 Å². The van der Waals surface area contributed by atoms with E-state index in [4.69, 9.17) is 17.3 Å². The maximum Gasteiger partial charge on any atom is 0.307 e. The summed E-state index contributed by atoms with van der Waals surface area (Å²) >= 11 is 7.84. The van der Waals surface area contributed by atoms with E-state index >= 15 is 0 Å². The van der Waals surface area contributed by atoms with Gasteiger partial charge < -0.3 is 10.4 Å². The molecule has 6 nitrogen and oxygen atoms in total. The van der Waals surface area contributed by atoms with Crippen LogP contribution in [0, 0.1) is 11.6 Å². The van der Waals surface area contributed by atoms with E-state index in [-0.39, 0.29) is 37.7 Å². The molecule has 0 unspecified atom stereocenters. The summed E-state index contributed by atoms with van der Waals surface area (Å²) in [7, 11) is 0. The van der Waals surface area contributed by atoms with Gasteiger partial charge in [0.15, 0.2) is 11.6 Å². The molecule has 11 heteroatoms. The molecule has 1 aliphatic rings. The second-order valence-electron chi connectivity index (χ2n) is 8.11. The van der Waals surface area contributed by atoms with Gasteiger partial charge in [-0.15, -0.1) is 11.3 Å². The van der Waals surface area contributed by atoms with Crippen LogP contribution >= 0.6 is 35.3 Å². The van der Waals surface area contributed by atoms with Crippen LogP contribution in [0.2, 0.25) is 0 Å². The fraction of sp³-hybridized carbons (Fsp3) is 0.154. The van der Waals surface area contributed by atoms with Crippen molar-refractivity contribution in [2.75, 3.05) is 6.54 Å². The van der Waals surface area contributed by atoms with E-state index in [1.807, 2.05) is 0 Å². The highest BCUT2D eigenvalue weighted by molar-refractivity contribution is 8.26. The minimum absolute atomic E-state index is 0.0628. The van der Waals surface area contributed by atoms with Gasteiger partial charge in [0.2, 0.25) is 5.91 Å². The van der Waals surface area contributed by atoms with Crippen LogP contribution in [-0.4, -0.2) is 38.7 Å². The summed E-state index contributed by atoms with van der Waals surface area (Å²) in [6, 6.07) is 12.4. The summed E-state index contributed by atoms with van der Waals surface area (Å²) in [6.45, 7) is 0.416. The van der Waals surface area contributed by atoms with Crippen molar-refractivity contribution in [3.63, 3.8) is 0 Å². The first-order valence-corrected chi connectivity index (χ1v) is 13.2. The summed E-state index contributed by atoms with van der Waals surface area (Å²) in [5, 5.41) is 13.4. The summed E-state index contributed by atoms with van der Waals surface area (Å²) < 4.78 is 27.1. The smallest absolute Gasteiger partial charge is 0.307 e. The third-order valence-electron chi connectivity index (χ3n) is 5.45. The van der Waals surface area contributed by atoms with Gasteiger partial charge >= 0.3 is 5.97 Å². The Balaban J connectivity index is 1.31. The molecule has 2 aromatic carbocycles. The average Bonchev–Trinajstić information content (AvgIpc) is 3.43. The predicted octanol–water partition coefficient (Wildman–Crippen LogP) is 5.23. The molecule has 0 atom stereocenters. The highest BCUT2D eigenvalue weighted by Crippen LogP contribution is 2.35. The number of amides is 2. The molecular weight excluding hydrogens is 538 g/mol. The van der Waals surface area contributed by atoms with Crippen LogP contribution in [0.1, 0.15) is 22.4 Å². The molecule has 0 bridgehead atoms. The molecule has 2 heterocycles. The van der Waals surface area contributed by atoms with Crippen LogP contribution in [0.3, 0.4) is 0 Å². The molecule has 0 radical (unpaired) electrons. The topological polar surface area (TPSA) is 86.7 Å². The zero-order valence-corrected chi connectivity index (χ0v) is 21.7. The van der Waals surface area contributed by atoms with Gasteiger partial charge in [-0.3, -0.25) is 19.3 Å². The summed E-state index contributed by atoms with van der Waals surface area (Å²) in [6.07, 6.45) is 1.70. The van der Waals surface area contributed by atoms with E-state index in [0.29, 0.717) is 25.9 Å². The number of nitrogens with zero attached hydrogens (tertiary/aromatic N) is 1. The lowest BCUT2D eigenvalue weighted by Gasteiger charge is -2.14. The SMILES string of the molecule is O=C(O)Cc1ccc(CNC(=O)CCN2C(=O)/C(=C/c3cc(-c4ccc(F)c(F)c4)cs3)SC2=S)cc1. The van der Waals surface area contributed by atoms with E-state index in [0.717, 1.165) is 34.3 Å². The average molecular weight is 559 g/mol. The van der Waals surface area contributed by atoms with Crippen LogP contribution < -0.4 is 5.32 Å². The lowest BCUT2D eigenvalue weighted by Crippen LogP contribution is -2.33. The molecule has 2 N–H and O–H groups in total. The quantitative estimate of drug-likeness (QED) is 0.276. The number of hydrogen-bond acceptors (Lipinski definition) is 6. The molecule has 3 aromatic rings. The largest absolute Gasteiger partial charge is 0.481 e. The van der Waals surface area contributed by atoms with E-state index < -0.39 is 17.6 Å². The van der Waals surface area contributed by atoms with Crippen molar-refractivity contribution in [1.29, 1.82) is 0 Å². The van der Waals surface area contributed by atoms with Crippen molar-refractivity contribution in [3.05, 3.63) is 86.5 Å². The molecule has 1 aliphatic heterocycles. The first kappa shape index (κ1) is 26.6. The fourth-order valence-electron chi connectivity index (χ4n) is 3.53. The number of nitrogens with one attached hydrogen (secondary N) is 1. The Morgan fingerprint density at radius 3 is 2.46 bits per heavy atom. The Labute approximate surface area is 225 Å². The first-order valence-electron chi connectivity index (χ1n) is 11.1. The molecule has 37 heavy (non-hydrogen) atoms. The number of carbonyl (C=O) groups is 3. The minimum atomic E-state index is -0.927. The lowest BCUT2D eigenvalue weighted by molar-refractivity contribution is -0.136. The summed E-state index contributed by atoms with van der Waals surface area (Å²) in [5.41, 5.74) is 2.74. The van der Waals surface area contributed by atoms with Gasteiger partial charge in [-0.2, -0.15) is 0 Å². The number of carboxylic acid groups (broad SMARTS) is 1. The van der Waals surface area contributed by atoms with Crippen molar-refractivity contribution in [1.82, 2.24) is 10.2 Å². The molecular formula is C26H20F2N2O4S3. The van der Waals surface area contributed by atoms with E-state index in [1.165, 1.54) is 22.3 Å². The van der Waals surface area contributed by atoms with Gasteiger partial charge in [-0.25, -0.2) is 8.78 Å². The zero-order chi connectivity index (χ0) is 26.5. The van der Waals surface area contributed by atoms with Crippen molar-refractivity contribution < 1.29 is 28.3 Å². The van der Waals surface area contributed by atoms with Crippen molar-refractivity contribution in [3.8, 4) is 11.1 Å². The number of carboxylic acids is 1. The molecule has 190 valence electrons. The van der Waals surface area contributed by atoms with Gasteiger partial charge in [-0.05, 0) is 51.9 Å². The number of aliphatic carboxylic acids is 1. The maximum atomic E-state index is 13.6. The van der Waals surface area contributed by atoms with Crippen molar-refractivity contribution in [2.45, 2.75) is 19.4 Å².